The van der Waals surface area contributed by atoms with Gasteiger partial charge in [-0.3, -0.25) is 9.69 Å². The molecule has 1 heterocycles. The van der Waals surface area contributed by atoms with Crippen LogP contribution in [0.2, 0.25) is 0 Å². The van der Waals surface area contributed by atoms with E-state index in [9.17, 15) is 14.3 Å². The highest BCUT2D eigenvalue weighted by molar-refractivity contribution is 5.78. The third kappa shape index (κ3) is 4.50. The van der Waals surface area contributed by atoms with Gasteiger partial charge < -0.3 is 15.2 Å². The molecule has 0 atom stereocenters. The van der Waals surface area contributed by atoms with Gasteiger partial charge >= 0.3 is 0 Å². The Bertz CT molecular complexity index is 485. The average Bonchev–Trinajstić information content (AvgIpc) is 2.51. The lowest BCUT2D eigenvalue weighted by Gasteiger charge is -2.38. The number of carbonyl (C=O) groups excluding carboxylic acids is 1. The first kappa shape index (κ1) is 16.9. The Morgan fingerprint density at radius 3 is 2.59 bits per heavy atom. The molecule has 1 aromatic carbocycles. The van der Waals surface area contributed by atoms with Crippen molar-refractivity contribution in [1.82, 2.24) is 10.2 Å². The van der Waals surface area contributed by atoms with Crippen LogP contribution in [-0.4, -0.2) is 55.8 Å². The van der Waals surface area contributed by atoms with Crippen molar-refractivity contribution in [2.75, 3.05) is 39.9 Å². The maximum atomic E-state index is 13.0. The van der Waals surface area contributed by atoms with Gasteiger partial charge in [0.15, 0.2) is 0 Å². The molecule has 0 radical (unpaired) electrons. The molecule has 0 unspecified atom stereocenters. The zero-order valence-corrected chi connectivity index (χ0v) is 12.8. The first-order chi connectivity index (χ1) is 10.5. The van der Waals surface area contributed by atoms with Crippen molar-refractivity contribution in [3.63, 3.8) is 0 Å². The number of aliphatic hydroxyl groups is 1. The highest BCUT2D eigenvalue weighted by Crippen LogP contribution is 2.32. The second kappa shape index (κ2) is 7.67. The van der Waals surface area contributed by atoms with Crippen LogP contribution < -0.4 is 5.32 Å². The molecule has 1 aliphatic heterocycles. The van der Waals surface area contributed by atoms with Gasteiger partial charge in [-0.05, 0) is 30.5 Å². The van der Waals surface area contributed by atoms with E-state index in [1.165, 1.54) is 12.1 Å². The first-order valence-corrected chi connectivity index (χ1v) is 7.50. The van der Waals surface area contributed by atoms with Crippen LogP contribution in [0, 0.1) is 5.82 Å². The number of hydrogen-bond acceptors (Lipinski definition) is 4. The van der Waals surface area contributed by atoms with Crippen molar-refractivity contribution in [3.8, 4) is 0 Å². The molecule has 1 saturated heterocycles. The fourth-order valence-corrected chi connectivity index (χ4v) is 2.68. The van der Waals surface area contributed by atoms with E-state index in [4.69, 9.17) is 4.74 Å². The summed E-state index contributed by atoms with van der Waals surface area (Å²) in [5.74, 6) is -0.346. The first-order valence-electron chi connectivity index (χ1n) is 7.50. The molecule has 2 rings (SSSR count). The van der Waals surface area contributed by atoms with Gasteiger partial charge in [0.2, 0.25) is 5.91 Å². The number of piperidine rings is 1. The van der Waals surface area contributed by atoms with Gasteiger partial charge in [-0.2, -0.15) is 0 Å². The Morgan fingerprint density at radius 1 is 1.36 bits per heavy atom. The van der Waals surface area contributed by atoms with E-state index in [-0.39, 0.29) is 11.7 Å². The SMILES string of the molecule is COCCNC(=O)CN1CCC(O)(c2ccc(F)cc2)CC1. The number of halogens is 1. The number of nitrogens with zero attached hydrogens (tertiary/aromatic N) is 1. The molecular formula is C16H23FN2O3. The third-order valence-electron chi connectivity index (χ3n) is 4.06. The van der Waals surface area contributed by atoms with Crippen molar-refractivity contribution in [2.45, 2.75) is 18.4 Å². The van der Waals surface area contributed by atoms with E-state index >= 15 is 0 Å². The van der Waals surface area contributed by atoms with Crippen LogP contribution >= 0.6 is 0 Å². The van der Waals surface area contributed by atoms with Gasteiger partial charge in [-0.25, -0.2) is 4.39 Å². The zero-order valence-electron chi connectivity index (χ0n) is 12.8. The number of benzene rings is 1. The maximum absolute atomic E-state index is 13.0. The number of ether oxygens (including phenoxy) is 1. The Labute approximate surface area is 130 Å². The van der Waals surface area contributed by atoms with E-state index in [1.54, 1.807) is 19.2 Å². The highest BCUT2D eigenvalue weighted by atomic mass is 19.1. The highest BCUT2D eigenvalue weighted by Gasteiger charge is 2.34. The smallest absolute Gasteiger partial charge is 0.234 e. The second-order valence-electron chi connectivity index (χ2n) is 5.66. The topological polar surface area (TPSA) is 61.8 Å². The lowest BCUT2D eigenvalue weighted by atomic mass is 9.84. The van der Waals surface area contributed by atoms with Gasteiger partial charge in [0, 0.05) is 26.7 Å². The molecule has 122 valence electrons. The summed E-state index contributed by atoms with van der Waals surface area (Å²) in [6.07, 6.45) is 1.06. The van der Waals surface area contributed by atoms with E-state index in [0.29, 0.717) is 45.6 Å². The van der Waals surface area contributed by atoms with Crippen molar-refractivity contribution < 1.29 is 19.0 Å². The van der Waals surface area contributed by atoms with Crippen molar-refractivity contribution in [2.24, 2.45) is 0 Å². The van der Waals surface area contributed by atoms with Gasteiger partial charge in [-0.1, -0.05) is 12.1 Å². The summed E-state index contributed by atoms with van der Waals surface area (Å²) in [6.45, 7) is 2.58. The lowest BCUT2D eigenvalue weighted by Crippen LogP contribution is -2.46. The van der Waals surface area contributed by atoms with Gasteiger partial charge in [0.05, 0.1) is 18.8 Å². The summed E-state index contributed by atoms with van der Waals surface area (Å²) < 4.78 is 17.8. The molecule has 1 aromatic rings. The average molecular weight is 310 g/mol. The Kier molecular flexibility index (Phi) is 5.88. The monoisotopic (exact) mass is 310 g/mol. The maximum Gasteiger partial charge on any atom is 0.234 e. The Morgan fingerprint density at radius 2 is 2.00 bits per heavy atom. The summed E-state index contributed by atoms with van der Waals surface area (Å²) in [5, 5.41) is 13.5. The molecule has 6 heteroatoms. The van der Waals surface area contributed by atoms with Crippen molar-refractivity contribution in [1.29, 1.82) is 0 Å². The number of carbonyl (C=O) groups is 1. The number of amides is 1. The van der Waals surface area contributed by atoms with Crippen molar-refractivity contribution in [3.05, 3.63) is 35.6 Å². The van der Waals surface area contributed by atoms with Gasteiger partial charge in [0.25, 0.3) is 0 Å². The Balaban J connectivity index is 1.82. The molecule has 0 aromatic heterocycles. The predicted molar refractivity (Wildman–Crippen MR) is 80.9 cm³/mol. The Hall–Kier alpha value is -1.50. The number of likely N-dealkylation sites (tertiary alicyclic amines) is 1. The minimum absolute atomic E-state index is 0.0377. The van der Waals surface area contributed by atoms with Crippen LogP contribution in [0.1, 0.15) is 18.4 Å². The zero-order chi connectivity index (χ0) is 16.0. The fraction of sp³-hybridized carbons (Fsp3) is 0.562. The van der Waals surface area contributed by atoms with Crippen molar-refractivity contribution >= 4 is 5.91 Å². The summed E-state index contributed by atoms with van der Waals surface area (Å²) >= 11 is 0. The minimum Gasteiger partial charge on any atom is -0.385 e. The largest absolute Gasteiger partial charge is 0.385 e. The second-order valence-corrected chi connectivity index (χ2v) is 5.66. The molecule has 2 N–H and O–H groups in total. The number of methoxy groups -OCH3 is 1. The molecule has 0 aliphatic carbocycles. The predicted octanol–water partition coefficient (Wildman–Crippen LogP) is 0.872. The van der Waals surface area contributed by atoms with E-state index < -0.39 is 5.60 Å². The van der Waals surface area contributed by atoms with E-state index in [2.05, 4.69) is 5.32 Å². The number of rotatable bonds is 6. The molecule has 1 fully saturated rings. The minimum atomic E-state index is -0.934. The van der Waals surface area contributed by atoms with Crippen LogP contribution in [0.5, 0.6) is 0 Å². The van der Waals surface area contributed by atoms with Crippen LogP contribution in [-0.2, 0) is 15.1 Å². The van der Waals surface area contributed by atoms with Crippen LogP contribution in [0.4, 0.5) is 4.39 Å². The van der Waals surface area contributed by atoms with E-state index in [1.807, 2.05) is 4.90 Å². The van der Waals surface area contributed by atoms with Crippen LogP contribution in [0.15, 0.2) is 24.3 Å². The molecule has 0 spiro atoms. The number of hydrogen-bond donors (Lipinski definition) is 2. The standard InChI is InChI=1S/C16H23FN2O3/c1-22-11-8-18-15(20)12-19-9-6-16(21,7-10-19)13-2-4-14(17)5-3-13/h2-5,21H,6-12H2,1H3,(H,18,20). The molecular weight excluding hydrogens is 287 g/mol. The molecule has 0 bridgehead atoms. The van der Waals surface area contributed by atoms with Crippen LogP contribution in [0.25, 0.3) is 0 Å². The fourth-order valence-electron chi connectivity index (χ4n) is 2.68. The normalized spacial score (nSPS) is 18.1. The quantitative estimate of drug-likeness (QED) is 0.766. The van der Waals surface area contributed by atoms with E-state index in [0.717, 1.165) is 5.56 Å². The third-order valence-corrected chi connectivity index (χ3v) is 4.06. The molecule has 5 nitrogen and oxygen atoms in total. The number of nitrogens with one attached hydrogen (secondary N) is 1. The summed E-state index contributed by atoms with van der Waals surface area (Å²) in [6, 6.07) is 5.98. The summed E-state index contributed by atoms with van der Waals surface area (Å²) in [7, 11) is 1.59. The molecule has 1 aliphatic rings. The van der Waals surface area contributed by atoms with Gasteiger partial charge in [0.1, 0.15) is 5.82 Å². The summed E-state index contributed by atoms with van der Waals surface area (Å²) in [4.78, 5) is 13.8. The molecule has 0 saturated carbocycles. The summed E-state index contributed by atoms with van der Waals surface area (Å²) in [5.41, 5.74) is -0.199. The van der Waals surface area contributed by atoms with Gasteiger partial charge in [-0.15, -0.1) is 0 Å². The van der Waals surface area contributed by atoms with Crippen LogP contribution in [0.3, 0.4) is 0 Å². The lowest BCUT2D eigenvalue weighted by molar-refractivity contribution is -0.123. The molecule has 22 heavy (non-hydrogen) atoms. The molecule has 1 amide bonds.